The normalized spacial score (nSPS) is 17.5. The first-order valence-electron chi connectivity index (χ1n) is 7.24. The zero-order valence-corrected chi connectivity index (χ0v) is 12.5. The third-order valence-corrected chi connectivity index (χ3v) is 3.77. The van der Waals surface area contributed by atoms with Crippen molar-refractivity contribution in [2.45, 2.75) is 19.1 Å². The standard InChI is InChI=1S/C16H21N3O2/c1-19-11-13-7-8-21-15(16(13)18-19)10-17-9-12-5-3-4-6-14(12)20-2/h3-6,11,15,17H,7-10H2,1-2H3/t15-/m0/s1. The van der Waals surface area contributed by atoms with Crippen LogP contribution in [-0.4, -0.2) is 30.0 Å². The van der Waals surface area contributed by atoms with Crippen LogP contribution >= 0.6 is 0 Å². The summed E-state index contributed by atoms with van der Waals surface area (Å²) < 4.78 is 13.1. The van der Waals surface area contributed by atoms with E-state index < -0.39 is 0 Å². The molecule has 21 heavy (non-hydrogen) atoms. The van der Waals surface area contributed by atoms with Crippen LogP contribution in [0.5, 0.6) is 5.75 Å². The fourth-order valence-corrected chi connectivity index (χ4v) is 2.75. The summed E-state index contributed by atoms with van der Waals surface area (Å²) in [4.78, 5) is 0. The molecule has 0 fully saturated rings. The van der Waals surface area contributed by atoms with E-state index in [4.69, 9.17) is 9.47 Å². The highest BCUT2D eigenvalue weighted by molar-refractivity contribution is 5.33. The summed E-state index contributed by atoms with van der Waals surface area (Å²) >= 11 is 0. The molecule has 1 aromatic heterocycles. The Kier molecular flexibility index (Phi) is 4.22. The summed E-state index contributed by atoms with van der Waals surface area (Å²) in [6, 6.07) is 8.05. The zero-order valence-electron chi connectivity index (χ0n) is 12.5. The van der Waals surface area contributed by atoms with E-state index in [9.17, 15) is 0 Å². The monoisotopic (exact) mass is 287 g/mol. The van der Waals surface area contributed by atoms with Gasteiger partial charge in [0.25, 0.3) is 0 Å². The molecule has 5 nitrogen and oxygen atoms in total. The second-order valence-electron chi connectivity index (χ2n) is 5.27. The molecule has 1 N–H and O–H groups in total. The lowest BCUT2D eigenvalue weighted by molar-refractivity contribution is 0.0393. The number of para-hydroxylation sites is 1. The van der Waals surface area contributed by atoms with Gasteiger partial charge < -0.3 is 14.8 Å². The summed E-state index contributed by atoms with van der Waals surface area (Å²) in [6.07, 6.45) is 3.07. The highest BCUT2D eigenvalue weighted by Crippen LogP contribution is 2.25. The average molecular weight is 287 g/mol. The Morgan fingerprint density at radius 1 is 1.43 bits per heavy atom. The van der Waals surface area contributed by atoms with Gasteiger partial charge in [-0.05, 0) is 18.1 Å². The number of fused-ring (bicyclic) bond motifs is 1. The van der Waals surface area contributed by atoms with Crippen molar-refractivity contribution in [2.24, 2.45) is 7.05 Å². The van der Waals surface area contributed by atoms with Crippen LogP contribution in [0, 0.1) is 0 Å². The van der Waals surface area contributed by atoms with E-state index >= 15 is 0 Å². The number of rotatable bonds is 5. The number of aryl methyl sites for hydroxylation is 1. The van der Waals surface area contributed by atoms with Crippen molar-refractivity contribution in [1.82, 2.24) is 15.1 Å². The first-order valence-corrected chi connectivity index (χ1v) is 7.24. The van der Waals surface area contributed by atoms with Gasteiger partial charge in [0.2, 0.25) is 0 Å². The third kappa shape index (κ3) is 3.09. The molecule has 0 unspecified atom stereocenters. The summed E-state index contributed by atoms with van der Waals surface area (Å²) in [6.45, 7) is 2.27. The minimum Gasteiger partial charge on any atom is -0.496 e. The molecule has 3 rings (SSSR count). The summed E-state index contributed by atoms with van der Waals surface area (Å²) in [5, 5.41) is 7.96. The minimum absolute atomic E-state index is 0.0321. The summed E-state index contributed by atoms with van der Waals surface area (Å²) in [7, 11) is 3.65. The Morgan fingerprint density at radius 2 is 2.29 bits per heavy atom. The molecule has 0 spiro atoms. The van der Waals surface area contributed by atoms with Gasteiger partial charge in [0.15, 0.2) is 0 Å². The quantitative estimate of drug-likeness (QED) is 0.911. The summed E-state index contributed by atoms with van der Waals surface area (Å²) in [5.41, 5.74) is 3.51. The van der Waals surface area contributed by atoms with Crippen molar-refractivity contribution < 1.29 is 9.47 Å². The Hall–Kier alpha value is -1.85. The average Bonchev–Trinajstić information content (AvgIpc) is 2.89. The molecule has 0 radical (unpaired) electrons. The minimum atomic E-state index is 0.0321. The molecule has 1 aliphatic rings. The Morgan fingerprint density at radius 3 is 3.14 bits per heavy atom. The number of nitrogens with zero attached hydrogens (tertiary/aromatic N) is 2. The number of benzene rings is 1. The third-order valence-electron chi connectivity index (χ3n) is 3.77. The molecule has 0 aliphatic carbocycles. The zero-order chi connectivity index (χ0) is 14.7. The second-order valence-corrected chi connectivity index (χ2v) is 5.27. The lowest BCUT2D eigenvalue weighted by Crippen LogP contribution is -2.27. The van der Waals surface area contributed by atoms with Crippen LogP contribution in [-0.2, 0) is 24.8 Å². The van der Waals surface area contributed by atoms with Crippen LogP contribution in [0.2, 0.25) is 0 Å². The smallest absolute Gasteiger partial charge is 0.123 e. The van der Waals surface area contributed by atoms with Crippen molar-refractivity contribution in [2.75, 3.05) is 20.3 Å². The number of hydrogen-bond donors (Lipinski definition) is 1. The van der Waals surface area contributed by atoms with Crippen molar-refractivity contribution >= 4 is 0 Å². The van der Waals surface area contributed by atoms with E-state index in [1.54, 1.807) is 7.11 Å². The van der Waals surface area contributed by atoms with Crippen LogP contribution in [0.15, 0.2) is 30.5 Å². The highest BCUT2D eigenvalue weighted by atomic mass is 16.5. The van der Waals surface area contributed by atoms with E-state index in [2.05, 4.69) is 22.7 Å². The molecule has 0 amide bonds. The van der Waals surface area contributed by atoms with Gasteiger partial charge in [-0.25, -0.2) is 0 Å². The molecular weight excluding hydrogens is 266 g/mol. The maximum atomic E-state index is 5.84. The predicted molar refractivity (Wildman–Crippen MR) is 80.3 cm³/mol. The van der Waals surface area contributed by atoms with Crippen LogP contribution < -0.4 is 10.1 Å². The van der Waals surface area contributed by atoms with Gasteiger partial charge in [0.1, 0.15) is 11.9 Å². The van der Waals surface area contributed by atoms with E-state index in [-0.39, 0.29) is 6.10 Å². The molecule has 1 atom stereocenters. The second kappa shape index (κ2) is 6.28. The number of nitrogens with one attached hydrogen (secondary N) is 1. The maximum Gasteiger partial charge on any atom is 0.123 e. The molecule has 1 aliphatic heterocycles. The van der Waals surface area contributed by atoms with E-state index in [0.717, 1.165) is 43.1 Å². The molecule has 2 aromatic rings. The molecule has 112 valence electrons. The maximum absolute atomic E-state index is 5.84. The van der Waals surface area contributed by atoms with Gasteiger partial charge in [-0.15, -0.1) is 0 Å². The topological polar surface area (TPSA) is 48.3 Å². The van der Waals surface area contributed by atoms with E-state index in [0.29, 0.717) is 0 Å². The highest BCUT2D eigenvalue weighted by Gasteiger charge is 2.23. The molecule has 0 bridgehead atoms. The first kappa shape index (κ1) is 14.1. The number of methoxy groups -OCH3 is 1. The van der Waals surface area contributed by atoms with Crippen molar-refractivity contribution in [3.63, 3.8) is 0 Å². The summed E-state index contributed by atoms with van der Waals surface area (Å²) in [5.74, 6) is 0.910. The van der Waals surface area contributed by atoms with Gasteiger partial charge in [-0.3, -0.25) is 4.68 Å². The lowest BCUT2D eigenvalue weighted by Gasteiger charge is -2.22. The number of ether oxygens (including phenoxy) is 2. The molecule has 0 saturated carbocycles. The Labute approximate surface area is 124 Å². The molecular formula is C16H21N3O2. The van der Waals surface area contributed by atoms with Gasteiger partial charge in [-0.2, -0.15) is 5.10 Å². The van der Waals surface area contributed by atoms with Crippen molar-refractivity contribution in [3.8, 4) is 5.75 Å². The number of aromatic nitrogens is 2. The van der Waals surface area contributed by atoms with Crippen LogP contribution in [0.1, 0.15) is 22.9 Å². The lowest BCUT2D eigenvalue weighted by atomic mass is 10.1. The van der Waals surface area contributed by atoms with E-state index in [1.165, 1.54) is 5.56 Å². The molecule has 5 heteroatoms. The Balaban J connectivity index is 1.61. The fourth-order valence-electron chi connectivity index (χ4n) is 2.75. The van der Waals surface area contributed by atoms with Crippen molar-refractivity contribution in [3.05, 3.63) is 47.3 Å². The van der Waals surface area contributed by atoms with Crippen LogP contribution in [0.4, 0.5) is 0 Å². The van der Waals surface area contributed by atoms with Gasteiger partial charge in [0.05, 0.1) is 19.4 Å². The van der Waals surface area contributed by atoms with Crippen molar-refractivity contribution in [1.29, 1.82) is 0 Å². The SMILES string of the molecule is COc1ccccc1CNC[C@@H]1OCCc2cn(C)nc21. The van der Waals surface area contributed by atoms with Gasteiger partial charge in [-0.1, -0.05) is 18.2 Å². The molecule has 2 heterocycles. The fraction of sp³-hybridized carbons (Fsp3) is 0.438. The van der Waals surface area contributed by atoms with Gasteiger partial charge in [0, 0.05) is 31.9 Å². The van der Waals surface area contributed by atoms with E-state index in [1.807, 2.05) is 29.9 Å². The van der Waals surface area contributed by atoms with Crippen LogP contribution in [0.3, 0.4) is 0 Å². The largest absolute Gasteiger partial charge is 0.496 e. The predicted octanol–water partition coefficient (Wildman–Crippen LogP) is 1.83. The first-order chi connectivity index (χ1) is 10.3. The van der Waals surface area contributed by atoms with Gasteiger partial charge >= 0.3 is 0 Å². The molecule has 1 aromatic carbocycles. The molecule has 0 saturated heterocycles. The van der Waals surface area contributed by atoms with Crippen LogP contribution in [0.25, 0.3) is 0 Å². The Bertz CT molecular complexity index is 609. The number of hydrogen-bond acceptors (Lipinski definition) is 4.